The molecule has 1 aliphatic carbocycles. The van der Waals surface area contributed by atoms with Crippen molar-refractivity contribution in [2.75, 3.05) is 13.1 Å². The van der Waals surface area contributed by atoms with Gasteiger partial charge in [0.15, 0.2) is 0 Å². The van der Waals surface area contributed by atoms with Crippen molar-refractivity contribution in [2.24, 2.45) is 11.3 Å². The second kappa shape index (κ2) is 3.89. The molecule has 1 unspecified atom stereocenters. The van der Waals surface area contributed by atoms with Gasteiger partial charge in [-0.2, -0.15) is 0 Å². The van der Waals surface area contributed by atoms with Gasteiger partial charge in [-0.1, -0.05) is 19.3 Å². The topological polar surface area (TPSA) is 49.3 Å². The van der Waals surface area contributed by atoms with Crippen molar-refractivity contribution in [3.05, 3.63) is 0 Å². The van der Waals surface area contributed by atoms with Crippen LogP contribution < -0.4 is 5.32 Å². The summed E-state index contributed by atoms with van der Waals surface area (Å²) in [5, 5.41) is 12.4. The number of carboxylic acid groups (broad SMARTS) is 1. The number of rotatable bonds is 1. The van der Waals surface area contributed by atoms with Gasteiger partial charge in [-0.05, 0) is 31.2 Å². The molecule has 2 N–H and O–H groups in total. The Kier molecular flexibility index (Phi) is 2.77. The van der Waals surface area contributed by atoms with Crippen molar-refractivity contribution in [1.29, 1.82) is 0 Å². The molecule has 0 aromatic rings. The van der Waals surface area contributed by atoms with Crippen LogP contribution in [0.3, 0.4) is 0 Å². The highest BCUT2D eigenvalue weighted by Gasteiger charge is 2.44. The predicted octanol–water partition coefficient (Wildman–Crippen LogP) is 1.63. The minimum Gasteiger partial charge on any atom is -0.481 e. The van der Waals surface area contributed by atoms with Gasteiger partial charge in [-0.3, -0.25) is 4.79 Å². The van der Waals surface area contributed by atoms with Crippen molar-refractivity contribution in [3.8, 4) is 0 Å². The molecule has 0 radical (unpaired) electrons. The first kappa shape index (κ1) is 9.97. The summed E-state index contributed by atoms with van der Waals surface area (Å²) in [5.41, 5.74) is 0.134. The number of hydrogen-bond acceptors (Lipinski definition) is 2. The average Bonchev–Trinajstić information content (AvgIpc) is 2.19. The molecule has 1 heterocycles. The van der Waals surface area contributed by atoms with Gasteiger partial charge in [-0.15, -0.1) is 0 Å². The molecule has 1 aliphatic heterocycles. The number of nitrogens with one attached hydrogen (secondary N) is 1. The first-order chi connectivity index (χ1) is 6.75. The Hall–Kier alpha value is -0.570. The van der Waals surface area contributed by atoms with Crippen LogP contribution in [-0.2, 0) is 4.79 Å². The maximum atomic E-state index is 11.2. The molecular formula is C11H19NO2. The lowest BCUT2D eigenvalue weighted by atomic mass is 9.62. The van der Waals surface area contributed by atoms with Gasteiger partial charge in [0.1, 0.15) is 0 Å². The van der Waals surface area contributed by atoms with Crippen LogP contribution in [0, 0.1) is 11.3 Å². The Bertz CT molecular complexity index is 213. The molecule has 1 spiro atoms. The molecule has 0 amide bonds. The molecule has 0 aromatic heterocycles. The Balaban J connectivity index is 2.14. The van der Waals surface area contributed by atoms with Crippen LogP contribution in [-0.4, -0.2) is 24.2 Å². The van der Waals surface area contributed by atoms with Gasteiger partial charge in [0.05, 0.1) is 5.92 Å². The largest absolute Gasteiger partial charge is 0.481 e. The summed E-state index contributed by atoms with van der Waals surface area (Å²) in [6.45, 7) is 1.68. The highest BCUT2D eigenvalue weighted by molar-refractivity contribution is 5.71. The lowest BCUT2D eigenvalue weighted by Crippen LogP contribution is -2.49. The van der Waals surface area contributed by atoms with E-state index in [0.717, 1.165) is 25.8 Å². The summed E-state index contributed by atoms with van der Waals surface area (Å²) in [7, 11) is 0. The molecule has 2 fully saturated rings. The van der Waals surface area contributed by atoms with Crippen molar-refractivity contribution in [1.82, 2.24) is 5.32 Å². The molecule has 0 aromatic carbocycles. The molecule has 3 nitrogen and oxygen atoms in total. The maximum Gasteiger partial charge on any atom is 0.308 e. The molecule has 2 aliphatic rings. The summed E-state index contributed by atoms with van der Waals surface area (Å²) in [4.78, 5) is 11.2. The van der Waals surface area contributed by atoms with E-state index < -0.39 is 5.97 Å². The van der Waals surface area contributed by atoms with Crippen LogP contribution in [0.4, 0.5) is 0 Å². The molecular weight excluding hydrogens is 178 g/mol. The fraction of sp³-hybridized carbons (Fsp3) is 0.909. The standard InChI is InChI=1S/C11H19NO2/c13-10(14)9-8-12-7-6-11(9)4-2-1-3-5-11/h9,12H,1-8H2,(H,13,14). The minimum absolute atomic E-state index is 0.134. The van der Waals surface area contributed by atoms with Gasteiger partial charge < -0.3 is 10.4 Å². The number of carbonyl (C=O) groups is 1. The fourth-order valence-electron chi connectivity index (χ4n) is 3.18. The molecule has 1 saturated carbocycles. The Labute approximate surface area is 84.9 Å². The van der Waals surface area contributed by atoms with Crippen molar-refractivity contribution < 1.29 is 9.90 Å². The lowest BCUT2D eigenvalue weighted by molar-refractivity contribution is -0.149. The molecule has 2 rings (SSSR count). The molecule has 3 heteroatoms. The highest BCUT2D eigenvalue weighted by Crippen LogP contribution is 2.46. The molecule has 80 valence electrons. The third-order valence-electron chi connectivity index (χ3n) is 4.03. The Morgan fingerprint density at radius 2 is 1.93 bits per heavy atom. The van der Waals surface area contributed by atoms with Crippen LogP contribution in [0.25, 0.3) is 0 Å². The third kappa shape index (κ3) is 1.65. The molecule has 0 bridgehead atoms. The number of aliphatic carboxylic acids is 1. The van der Waals surface area contributed by atoms with E-state index in [9.17, 15) is 9.90 Å². The number of piperidine rings is 1. The second-order valence-electron chi connectivity index (χ2n) is 4.77. The van der Waals surface area contributed by atoms with Gasteiger partial charge in [0.25, 0.3) is 0 Å². The summed E-state index contributed by atoms with van der Waals surface area (Å²) < 4.78 is 0. The number of carboxylic acids is 1. The Morgan fingerprint density at radius 1 is 1.21 bits per heavy atom. The van der Waals surface area contributed by atoms with Crippen molar-refractivity contribution in [3.63, 3.8) is 0 Å². The van der Waals surface area contributed by atoms with Crippen LogP contribution in [0.5, 0.6) is 0 Å². The zero-order chi connectivity index (χ0) is 10.0. The van der Waals surface area contributed by atoms with Crippen LogP contribution in [0.2, 0.25) is 0 Å². The summed E-state index contributed by atoms with van der Waals surface area (Å²) >= 11 is 0. The highest BCUT2D eigenvalue weighted by atomic mass is 16.4. The SMILES string of the molecule is O=C(O)C1CNCCC12CCCCC2. The van der Waals surface area contributed by atoms with Crippen LogP contribution in [0.1, 0.15) is 38.5 Å². The van der Waals surface area contributed by atoms with Crippen molar-refractivity contribution in [2.45, 2.75) is 38.5 Å². The van der Waals surface area contributed by atoms with Gasteiger partial charge >= 0.3 is 5.97 Å². The zero-order valence-corrected chi connectivity index (χ0v) is 8.59. The van der Waals surface area contributed by atoms with Crippen molar-refractivity contribution >= 4 is 5.97 Å². The fourth-order valence-corrected chi connectivity index (χ4v) is 3.18. The maximum absolute atomic E-state index is 11.2. The quantitative estimate of drug-likeness (QED) is 0.671. The van der Waals surface area contributed by atoms with E-state index in [-0.39, 0.29) is 11.3 Å². The summed E-state index contributed by atoms with van der Waals surface area (Å²) in [6, 6.07) is 0. The van der Waals surface area contributed by atoms with E-state index in [0.29, 0.717) is 6.54 Å². The second-order valence-corrected chi connectivity index (χ2v) is 4.77. The van der Waals surface area contributed by atoms with E-state index in [2.05, 4.69) is 5.32 Å². The lowest BCUT2D eigenvalue weighted by Gasteiger charge is -2.45. The third-order valence-corrected chi connectivity index (χ3v) is 4.03. The van der Waals surface area contributed by atoms with E-state index in [1.165, 1.54) is 19.3 Å². The average molecular weight is 197 g/mol. The predicted molar refractivity (Wildman–Crippen MR) is 54.1 cm³/mol. The zero-order valence-electron chi connectivity index (χ0n) is 8.59. The molecule has 1 saturated heterocycles. The first-order valence-electron chi connectivity index (χ1n) is 5.68. The normalized spacial score (nSPS) is 31.6. The van der Waals surface area contributed by atoms with E-state index in [4.69, 9.17) is 0 Å². The first-order valence-corrected chi connectivity index (χ1v) is 5.68. The minimum atomic E-state index is -0.598. The summed E-state index contributed by atoms with van der Waals surface area (Å²) in [6.07, 6.45) is 7.07. The van der Waals surface area contributed by atoms with Gasteiger partial charge in [0, 0.05) is 6.54 Å². The van der Waals surface area contributed by atoms with E-state index in [1.54, 1.807) is 0 Å². The van der Waals surface area contributed by atoms with Crippen LogP contribution >= 0.6 is 0 Å². The number of hydrogen-bond donors (Lipinski definition) is 2. The smallest absolute Gasteiger partial charge is 0.308 e. The van der Waals surface area contributed by atoms with Gasteiger partial charge in [-0.25, -0.2) is 0 Å². The summed E-state index contributed by atoms with van der Waals surface area (Å²) in [5.74, 6) is -0.740. The Morgan fingerprint density at radius 3 is 2.57 bits per heavy atom. The van der Waals surface area contributed by atoms with Crippen LogP contribution in [0.15, 0.2) is 0 Å². The van der Waals surface area contributed by atoms with Gasteiger partial charge in [0.2, 0.25) is 0 Å². The van der Waals surface area contributed by atoms with E-state index >= 15 is 0 Å². The molecule has 1 atom stereocenters. The molecule has 14 heavy (non-hydrogen) atoms. The van der Waals surface area contributed by atoms with E-state index in [1.807, 2.05) is 0 Å². The monoisotopic (exact) mass is 197 g/mol.